The second-order valence-electron chi connectivity index (χ2n) is 2.77. The standard InChI is InChI=1S/C9H7BrF3NO2/c1-16-9(15)4-3-14-5(2-10)6(7(4)11)8(12)13/h3,8H,2H2,1H3. The van der Waals surface area contributed by atoms with Crippen molar-refractivity contribution < 1.29 is 22.7 Å². The molecule has 1 heterocycles. The van der Waals surface area contributed by atoms with Crippen molar-refractivity contribution >= 4 is 21.9 Å². The van der Waals surface area contributed by atoms with Crippen LogP contribution in [0.5, 0.6) is 0 Å². The van der Waals surface area contributed by atoms with Crippen LogP contribution in [0.2, 0.25) is 0 Å². The van der Waals surface area contributed by atoms with Crippen molar-refractivity contribution in [2.75, 3.05) is 7.11 Å². The summed E-state index contributed by atoms with van der Waals surface area (Å²) in [5, 5.41) is -0.0228. The normalized spacial score (nSPS) is 10.6. The highest BCUT2D eigenvalue weighted by molar-refractivity contribution is 9.08. The maximum absolute atomic E-state index is 13.6. The number of hydrogen-bond acceptors (Lipinski definition) is 3. The number of alkyl halides is 3. The number of carbonyl (C=O) groups excluding carboxylic acids is 1. The lowest BCUT2D eigenvalue weighted by molar-refractivity contribution is 0.0593. The zero-order valence-electron chi connectivity index (χ0n) is 8.14. The predicted molar refractivity (Wildman–Crippen MR) is 53.1 cm³/mol. The van der Waals surface area contributed by atoms with Crippen molar-refractivity contribution in [3.8, 4) is 0 Å². The number of pyridine rings is 1. The first-order valence-corrected chi connectivity index (χ1v) is 5.24. The first-order valence-electron chi connectivity index (χ1n) is 4.12. The fourth-order valence-electron chi connectivity index (χ4n) is 1.12. The van der Waals surface area contributed by atoms with E-state index in [1.807, 2.05) is 0 Å². The molecule has 0 aliphatic carbocycles. The molecule has 0 saturated carbocycles. The van der Waals surface area contributed by atoms with Crippen molar-refractivity contribution in [1.29, 1.82) is 0 Å². The van der Waals surface area contributed by atoms with Gasteiger partial charge in [-0.15, -0.1) is 0 Å². The minimum absolute atomic E-state index is 0.0228. The molecule has 0 radical (unpaired) electrons. The van der Waals surface area contributed by atoms with Gasteiger partial charge in [-0.2, -0.15) is 0 Å². The summed E-state index contributed by atoms with van der Waals surface area (Å²) in [7, 11) is 1.03. The summed E-state index contributed by atoms with van der Waals surface area (Å²) in [5.74, 6) is -2.32. The number of nitrogens with zero attached hydrogens (tertiary/aromatic N) is 1. The van der Waals surface area contributed by atoms with Crippen molar-refractivity contribution in [3.63, 3.8) is 0 Å². The molecule has 16 heavy (non-hydrogen) atoms. The van der Waals surface area contributed by atoms with Gasteiger partial charge in [0.15, 0.2) is 0 Å². The third-order valence-electron chi connectivity index (χ3n) is 1.88. The van der Waals surface area contributed by atoms with E-state index in [4.69, 9.17) is 0 Å². The topological polar surface area (TPSA) is 39.2 Å². The van der Waals surface area contributed by atoms with Gasteiger partial charge < -0.3 is 4.74 Å². The van der Waals surface area contributed by atoms with Crippen molar-refractivity contribution in [2.45, 2.75) is 11.8 Å². The average Bonchev–Trinajstić information content (AvgIpc) is 2.26. The third-order valence-corrected chi connectivity index (χ3v) is 2.41. The minimum atomic E-state index is -3.04. The van der Waals surface area contributed by atoms with Crippen molar-refractivity contribution in [3.05, 3.63) is 28.8 Å². The van der Waals surface area contributed by atoms with E-state index in [0.29, 0.717) is 0 Å². The van der Waals surface area contributed by atoms with Gasteiger partial charge in [0, 0.05) is 11.5 Å². The molecule has 1 rings (SSSR count). The van der Waals surface area contributed by atoms with Gasteiger partial charge in [-0.1, -0.05) is 15.9 Å². The molecular weight excluding hydrogens is 291 g/mol. The van der Waals surface area contributed by atoms with Gasteiger partial charge >= 0.3 is 5.97 Å². The maximum atomic E-state index is 13.6. The first kappa shape index (κ1) is 13.0. The molecule has 0 aliphatic rings. The van der Waals surface area contributed by atoms with Gasteiger partial charge in [0.2, 0.25) is 0 Å². The number of halogens is 4. The molecule has 0 saturated heterocycles. The maximum Gasteiger partial charge on any atom is 0.342 e. The van der Waals surface area contributed by atoms with E-state index in [2.05, 4.69) is 25.7 Å². The first-order chi connectivity index (χ1) is 7.52. The van der Waals surface area contributed by atoms with E-state index in [0.717, 1.165) is 13.3 Å². The number of ether oxygens (including phenoxy) is 1. The van der Waals surface area contributed by atoms with Crippen molar-refractivity contribution in [1.82, 2.24) is 4.98 Å². The van der Waals surface area contributed by atoms with Gasteiger partial charge in [-0.25, -0.2) is 18.0 Å². The Labute approximate surface area is 97.8 Å². The molecule has 3 nitrogen and oxygen atoms in total. The summed E-state index contributed by atoms with van der Waals surface area (Å²) < 4.78 is 43.0. The Balaban J connectivity index is 3.37. The Morgan fingerprint density at radius 1 is 1.62 bits per heavy atom. The Hall–Kier alpha value is -1.11. The number of methoxy groups -OCH3 is 1. The monoisotopic (exact) mass is 297 g/mol. The molecule has 0 aromatic carbocycles. The third kappa shape index (κ3) is 2.34. The van der Waals surface area contributed by atoms with Gasteiger partial charge in [-0.3, -0.25) is 4.98 Å². The molecule has 0 atom stereocenters. The van der Waals surface area contributed by atoms with Gasteiger partial charge in [0.1, 0.15) is 11.4 Å². The smallest absolute Gasteiger partial charge is 0.342 e. The summed E-state index contributed by atoms with van der Waals surface area (Å²) in [6.45, 7) is 0. The minimum Gasteiger partial charge on any atom is -0.465 e. The average molecular weight is 298 g/mol. The van der Waals surface area contributed by atoms with Crippen LogP contribution in [-0.4, -0.2) is 18.1 Å². The van der Waals surface area contributed by atoms with Crippen LogP contribution in [0.4, 0.5) is 13.2 Å². The quantitative estimate of drug-likeness (QED) is 0.636. The Bertz CT molecular complexity index is 412. The van der Waals surface area contributed by atoms with E-state index >= 15 is 0 Å². The lowest BCUT2D eigenvalue weighted by atomic mass is 10.1. The summed E-state index contributed by atoms with van der Waals surface area (Å²) >= 11 is 2.91. The molecule has 0 N–H and O–H groups in total. The van der Waals surface area contributed by atoms with E-state index in [1.165, 1.54) is 0 Å². The molecule has 0 aliphatic heterocycles. The van der Waals surface area contributed by atoms with Crippen LogP contribution in [0.15, 0.2) is 6.20 Å². The lowest BCUT2D eigenvalue weighted by Gasteiger charge is -2.09. The molecule has 0 fully saturated rings. The SMILES string of the molecule is COC(=O)c1cnc(CBr)c(C(F)F)c1F. The largest absolute Gasteiger partial charge is 0.465 e. The van der Waals surface area contributed by atoms with Gasteiger partial charge in [0.25, 0.3) is 6.43 Å². The fraction of sp³-hybridized carbons (Fsp3) is 0.333. The summed E-state index contributed by atoms with van der Waals surface area (Å²) in [4.78, 5) is 14.6. The van der Waals surface area contributed by atoms with E-state index in [9.17, 15) is 18.0 Å². The number of rotatable bonds is 3. The molecule has 0 unspecified atom stereocenters. The molecule has 1 aromatic rings. The number of aromatic nitrogens is 1. The van der Waals surface area contributed by atoms with Crippen LogP contribution in [-0.2, 0) is 10.1 Å². The van der Waals surface area contributed by atoms with Gasteiger partial charge in [0.05, 0.1) is 18.4 Å². The Morgan fingerprint density at radius 2 is 2.25 bits per heavy atom. The Kier molecular flexibility index (Phi) is 4.28. The zero-order valence-corrected chi connectivity index (χ0v) is 9.72. The van der Waals surface area contributed by atoms with Crippen LogP contribution in [0.25, 0.3) is 0 Å². The fourth-order valence-corrected chi connectivity index (χ4v) is 1.57. The molecule has 0 spiro atoms. The van der Waals surface area contributed by atoms with Crippen LogP contribution >= 0.6 is 15.9 Å². The number of esters is 1. The second-order valence-corrected chi connectivity index (χ2v) is 3.33. The summed E-state index contributed by atoms with van der Waals surface area (Å²) in [5.41, 5.74) is -1.61. The Morgan fingerprint density at radius 3 is 2.69 bits per heavy atom. The highest BCUT2D eigenvalue weighted by Gasteiger charge is 2.25. The number of hydrogen-bond donors (Lipinski definition) is 0. The number of carbonyl (C=O) groups is 1. The summed E-state index contributed by atoms with van der Waals surface area (Å²) in [6, 6.07) is 0. The molecule has 0 bridgehead atoms. The zero-order chi connectivity index (χ0) is 12.3. The predicted octanol–water partition coefficient (Wildman–Crippen LogP) is 2.84. The van der Waals surface area contributed by atoms with Crippen LogP contribution in [0.3, 0.4) is 0 Å². The van der Waals surface area contributed by atoms with E-state index in [1.54, 1.807) is 0 Å². The van der Waals surface area contributed by atoms with Gasteiger partial charge in [-0.05, 0) is 0 Å². The van der Waals surface area contributed by atoms with Crippen molar-refractivity contribution in [2.24, 2.45) is 0 Å². The van der Waals surface area contributed by atoms with Crippen LogP contribution < -0.4 is 0 Å². The van der Waals surface area contributed by atoms with Crippen LogP contribution in [0, 0.1) is 5.82 Å². The molecule has 88 valence electrons. The molecule has 0 amide bonds. The molecule has 1 aromatic heterocycles. The highest BCUT2D eigenvalue weighted by atomic mass is 79.9. The van der Waals surface area contributed by atoms with E-state index in [-0.39, 0.29) is 11.0 Å². The second kappa shape index (κ2) is 5.29. The molecular formula is C9H7BrF3NO2. The summed E-state index contributed by atoms with van der Waals surface area (Å²) in [6.07, 6.45) is -2.16. The lowest BCUT2D eigenvalue weighted by Crippen LogP contribution is -2.10. The van der Waals surface area contributed by atoms with E-state index < -0.39 is 29.3 Å². The van der Waals surface area contributed by atoms with Crippen LogP contribution in [0.1, 0.15) is 28.0 Å². The highest BCUT2D eigenvalue weighted by Crippen LogP contribution is 2.28. The molecule has 7 heteroatoms.